The summed E-state index contributed by atoms with van der Waals surface area (Å²) in [6.07, 6.45) is 0. The Morgan fingerprint density at radius 3 is 0.740 bits per heavy atom. The summed E-state index contributed by atoms with van der Waals surface area (Å²) in [6, 6.07) is 207. The average molecular weight is 1910 g/mol. The van der Waals surface area contributed by atoms with Gasteiger partial charge in [0.25, 0.3) is 0 Å². The first-order valence-corrected chi connectivity index (χ1v) is 52.0. The first kappa shape index (κ1) is 87.2. The van der Waals surface area contributed by atoms with Crippen LogP contribution in [0.2, 0.25) is 0 Å². The third-order valence-electron chi connectivity index (χ3n) is 32.0. The monoisotopic (exact) mass is 1910 g/mol. The maximum absolute atomic E-state index is 2.50. The van der Waals surface area contributed by atoms with Crippen LogP contribution in [-0.4, -0.2) is 9.13 Å². The molecule has 0 fully saturated rings. The number of nitrogens with zero attached hydrogens (tertiary/aromatic N) is 6. The number of aryl methyl sites for hydroxylation is 2. The summed E-state index contributed by atoms with van der Waals surface area (Å²) in [5, 5.41) is 19.6. The van der Waals surface area contributed by atoms with E-state index in [1.807, 2.05) is 0 Å². The molecule has 2 aliphatic carbocycles. The molecule has 0 radical (unpaired) electrons. The molecule has 30 rings (SSSR count). The highest BCUT2D eigenvalue weighted by Gasteiger charge is 2.48. The number of anilines is 12. The molecule has 0 amide bonds. The van der Waals surface area contributed by atoms with E-state index in [-0.39, 0.29) is 0 Å². The zero-order valence-electron chi connectivity index (χ0n) is 82.8. The van der Waals surface area contributed by atoms with Crippen molar-refractivity contribution in [2.45, 2.75) is 24.7 Å². The minimum absolute atomic E-state index is 0.543. The number of rotatable bonds is 18. The van der Waals surface area contributed by atoms with Gasteiger partial charge in [0.05, 0.1) is 55.6 Å². The predicted molar refractivity (Wildman–Crippen MR) is 632 cm³/mol. The molecular weight excluding hydrogens is 1810 g/mol. The summed E-state index contributed by atoms with van der Waals surface area (Å²) in [5.74, 6) is 0. The Morgan fingerprint density at radius 2 is 0.407 bits per heavy atom. The highest BCUT2D eigenvalue weighted by molar-refractivity contribution is 6.30. The van der Waals surface area contributed by atoms with Crippen molar-refractivity contribution in [2.24, 2.45) is 0 Å². The van der Waals surface area contributed by atoms with Crippen molar-refractivity contribution in [1.82, 2.24) is 9.13 Å². The summed E-state index contributed by atoms with van der Waals surface area (Å²) in [6.45, 7) is 4.40. The first-order chi connectivity index (χ1) is 74.3. The van der Waals surface area contributed by atoms with Gasteiger partial charge in [0, 0.05) is 100.0 Å². The second-order valence-electron chi connectivity index (χ2n) is 40.2. The molecule has 2 heterocycles. The molecule has 704 valence electrons. The van der Waals surface area contributed by atoms with Crippen LogP contribution in [-0.2, 0) is 10.8 Å². The summed E-state index contributed by atoms with van der Waals surface area (Å²) in [5.41, 5.74) is 37.0. The maximum Gasteiger partial charge on any atom is 0.0714 e. The van der Waals surface area contributed by atoms with E-state index in [1.54, 1.807) is 0 Å². The standard InChI is InChI=1S/C80H56N2.C64H42N4/c1-53-21-17-29-61(49-53)81(63-31-19-27-59(51-63)79(57-23-5-3-6-24-57)71-37-13-9-33-65(71)66-34-10-14-38-72(66)79)75-47-43-55-42-46-70-76(48-44-56-41-45-69(75)77(55)78(56)70)82(62-30-18-22-54(2)50-62)64-32-20-28-60(52-64)80(58-25-7-4-8-26-58)73-39-15-11-35-67(73)68-36-12-16-40-74(68)80;1-5-17-45(18-6-1)65(49-33-39-61-55(41-49)51-25-13-15-27-57(51)67(61)47-21-9-3-10-22-47)59-37-31-43-30-36-54-60(38-32-44-29-35-53(59)63(43)64(44)54)66(46-19-7-2-8-20-46)50-34-40-62-56(42-50)52-26-14-16-28-58(52)68(62)48-23-11-4-12-24-48/h3-52H,1-2H3;1-42H. The summed E-state index contributed by atoms with van der Waals surface area (Å²) in [4.78, 5) is 9.89. The van der Waals surface area contributed by atoms with Gasteiger partial charge in [-0.25, -0.2) is 0 Å². The molecule has 26 aromatic carbocycles. The van der Waals surface area contributed by atoms with Gasteiger partial charge in [0.15, 0.2) is 0 Å². The van der Waals surface area contributed by atoms with E-state index in [0.29, 0.717) is 0 Å². The Kier molecular flexibility index (Phi) is 20.5. The van der Waals surface area contributed by atoms with Crippen LogP contribution >= 0.6 is 0 Å². The van der Waals surface area contributed by atoms with E-state index < -0.39 is 10.8 Å². The SMILES string of the molecule is Cc1cccc(N(c2cccc(C3(c4ccccc4)c4ccccc4-c4ccccc43)c2)c2ccc3ccc4c(N(c5cccc(C)c5)c5cccc(C6(c7ccccc7)c7ccccc7-c7ccccc76)c5)ccc5ccc2c3c54)c1.c1ccc(N(c2ccc3c(c2)c2ccccc2n3-c2ccccc2)c2ccc3ccc4c(N(c5ccccc5)c5ccc6c(c5)c5ccccc5n6-c5ccccc5)ccc5ccc2c3c54)cc1. The molecule has 150 heavy (non-hydrogen) atoms. The number of aromatic nitrogens is 2. The van der Waals surface area contributed by atoms with Crippen molar-refractivity contribution < 1.29 is 0 Å². The Hall–Kier alpha value is -19.4. The highest BCUT2D eigenvalue weighted by atomic mass is 15.2. The summed E-state index contributed by atoms with van der Waals surface area (Å²) in [7, 11) is 0. The lowest BCUT2D eigenvalue weighted by Crippen LogP contribution is -2.28. The second kappa shape index (κ2) is 35.2. The van der Waals surface area contributed by atoms with Gasteiger partial charge < -0.3 is 28.7 Å². The second-order valence-corrected chi connectivity index (χ2v) is 40.2. The van der Waals surface area contributed by atoms with Crippen molar-refractivity contribution in [3.05, 3.63) is 614 Å². The minimum atomic E-state index is -0.543. The van der Waals surface area contributed by atoms with Crippen LogP contribution in [0.3, 0.4) is 0 Å². The van der Waals surface area contributed by atoms with Crippen LogP contribution < -0.4 is 19.6 Å². The molecule has 2 aromatic heterocycles. The minimum Gasteiger partial charge on any atom is -0.310 e. The van der Waals surface area contributed by atoms with Gasteiger partial charge in [0.2, 0.25) is 0 Å². The lowest BCUT2D eigenvalue weighted by Gasteiger charge is -2.35. The molecule has 0 spiro atoms. The van der Waals surface area contributed by atoms with Crippen LogP contribution in [0, 0.1) is 13.8 Å². The fourth-order valence-electron chi connectivity index (χ4n) is 25.8. The van der Waals surface area contributed by atoms with Crippen LogP contribution in [0.5, 0.6) is 0 Å². The number of fused-ring (bicyclic) bond motifs is 12. The normalized spacial score (nSPS) is 12.7. The maximum atomic E-state index is 2.50. The smallest absolute Gasteiger partial charge is 0.0714 e. The quantitative estimate of drug-likeness (QED) is 0.0799. The lowest BCUT2D eigenvalue weighted by molar-refractivity contribution is 0.768. The van der Waals surface area contributed by atoms with Crippen LogP contribution in [0.4, 0.5) is 68.2 Å². The van der Waals surface area contributed by atoms with E-state index in [0.717, 1.165) is 79.6 Å². The third-order valence-corrected chi connectivity index (χ3v) is 32.0. The molecule has 28 aromatic rings. The molecule has 2 aliphatic rings. The Balaban J connectivity index is 0.000000143. The van der Waals surface area contributed by atoms with Crippen molar-refractivity contribution in [3.63, 3.8) is 0 Å². The van der Waals surface area contributed by atoms with Gasteiger partial charge in [-0.15, -0.1) is 0 Å². The average Bonchev–Trinajstić information content (AvgIpc) is 1.46. The van der Waals surface area contributed by atoms with E-state index in [2.05, 4.69) is 601 Å². The van der Waals surface area contributed by atoms with Crippen LogP contribution in [0.15, 0.2) is 558 Å². The Morgan fingerprint density at radius 1 is 0.160 bits per heavy atom. The van der Waals surface area contributed by atoms with E-state index in [9.17, 15) is 0 Å². The van der Waals surface area contributed by atoms with Crippen LogP contribution in [0.1, 0.15) is 55.6 Å². The zero-order valence-corrected chi connectivity index (χ0v) is 82.8. The molecule has 6 heteroatoms. The molecule has 0 unspecified atom stereocenters. The largest absolute Gasteiger partial charge is 0.310 e. The molecule has 0 saturated heterocycles. The highest BCUT2D eigenvalue weighted by Crippen LogP contribution is 2.61. The molecule has 6 nitrogen and oxygen atoms in total. The summed E-state index contributed by atoms with van der Waals surface area (Å²) < 4.78 is 4.77. The van der Waals surface area contributed by atoms with E-state index >= 15 is 0 Å². The number of para-hydroxylation sites is 6. The zero-order chi connectivity index (χ0) is 99.2. The molecule has 0 saturated carbocycles. The van der Waals surface area contributed by atoms with Gasteiger partial charge in [-0.3, -0.25) is 0 Å². The van der Waals surface area contributed by atoms with Gasteiger partial charge in [0.1, 0.15) is 0 Å². The van der Waals surface area contributed by atoms with Gasteiger partial charge in [-0.2, -0.15) is 0 Å². The first-order valence-electron chi connectivity index (χ1n) is 52.0. The topological polar surface area (TPSA) is 22.8 Å². The Bertz CT molecular complexity index is 9480. The molecule has 0 aliphatic heterocycles. The van der Waals surface area contributed by atoms with Crippen LogP contribution in [0.25, 0.3) is 142 Å². The van der Waals surface area contributed by atoms with E-state index in [4.69, 9.17) is 0 Å². The fraction of sp³-hybridized carbons (Fsp3) is 0.0278. The van der Waals surface area contributed by atoms with Gasteiger partial charge in [-0.05, 0) is 305 Å². The number of hydrogen-bond donors (Lipinski definition) is 0. The van der Waals surface area contributed by atoms with Gasteiger partial charge in [-0.1, -0.05) is 388 Å². The van der Waals surface area contributed by atoms with Crippen molar-refractivity contribution in [2.75, 3.05) is 19.6 Å². The van der Waals surface area contributed by atoms with E-state index in [1.165, 1.54) is 186 Å². The Labute approximate surface area is 871 Å². The van der Waals surface area contributed by atoms with Crippen molar-refractivity contribution >= 4 is 176 Å². The molecule has 0 atom stereocenters. The van der Waals surface area contributed by atoms with Crippen molar-refractivity contribution in [1.29, 1.82) is 0 Å². The fourth-order valence-corrected chi connectivity index (χ4v) is 25.8. The van der Waals surface area contributed by atoms with Crippen molar-refractivity contribution in [3.8, 4) is 33.6 Å². The molecule has 0 bridgehead atoms. The number of benzene rings is 26. The number of hydrogen-bond acceptors (Lipinski definition) is 4. The predicted octanol–water partition coefficient (Wildman–Crippen LogP) is 38.6. The third kappa shape index (κ3) is 13.6. The molecular formula is C144H98N6. The molecule has 0 N–H and O–H groups in total. The lowest BCUT2D eigenvalue weighted by atomic mass is 9.67. The van der Waals surface area contributed by atoms with Gasteiger partial charge >= 0.3 is 0 Å². The summed E-state index contributed by atoms with van der Waals surface area (Å²) >= 11 is 0.